The molecule has 0 saturated heterocycles. The zero-order valence-corrected chi connectivity index (χ0v) is 24.8. The number of hydrogen-bond donors (Lipinski definition) is 2. The van der Waals surface area contributed by atoms with Crippen LogP contribution in [0, 0.1) is 28.1 Å². The summed E-state index contributed by atoms with van der Waals surface area (Å²) in [6.07, 6.45) is 0.882. The minimum Gasteiger partial charge on any atom is -0.497 e. The molecule has 5 rings (SSSR count). The number of nitriles is 2. The average molecular weight is 598 g/mol. The van der Waals surface area contributed by atoms with Gasteiger partial charge in [0.05, 0.1) is 42.1 Å². The molecule has 42 heavy (non-hydrogen) atoms. The van der Waals surface area contributed by atoms with Gasteiger partial charge in [-0.15, -0.1) is 10.2 Å². The lowest BCUT2D eigenvalue weighted by Gasteiger charge is -2.42. The van der Waals surface area contributed by atoms with Gasteiger partial charge >= 0.3 is 0 Å². The number of ketones is 1. The Morgan fingerprint density at radius 1 is 1.19 bits per heavy atom. The first kappa shape index (κ1) is 28.9. The number of aromatic nitrogens is 2. The standard InChI is InChI=1S/C30H27N7O3S2/c1-30(2)12-22-26(23(38)13-30)25(18-5-4-6-20(11-18)40-3)21(15-32)27(33)37(22)28-35-36-29(42-28)41-16-24(39)34-19-9-7-17(14-31)8-10-19/h4-11,25H,12-13,16,33H2,1-3H3,(H,34,39). The van der Waals surface area contributed by atoms with Gasteiger partial charge in [0.15, 0.2) is 10.1 Å². The second-order valence-corrected chi connectivity index (χ2v) is 12.8. The predicted molar refractivity (Wildman–Crippen MR) is 161 cm³/mol. The molecule has 3 N–H and O–H groups in total. The van der Waals surface area contributed by atoms with Crippen LogP contribution in [0.1, 0.15) is 43.7 Å². The number of Topliss-reactive ketones (excluding diaryl/α,β-unsaturated/α-hetero) is 1. The number of nitrogens with two attached hydrogens (primary N) is 1. The van der Waals surface area contributed by atoms with Crippen molar-refractivity contribution in [3.8, 4) is 17.9 Å². The van der Waals surface area contributed by atoms with Crippen LogP contribution < -0.4 is 20.7 Å². The number of amides is 1. The number of anilines is 2. The number of rotatable bonds is 7. The summed E-state index contributed by atoms with van der Waals surface area (Å²) in [5.74, 6) is -0.0193. The maximum absolute atomic E-state index is 13.7. The summed E-state index contributed by atoms with van der Waals surface area (Å²) in [5.41, 5.74) is 9.68. The van der Waals surface area contributed by atoms with Gasteiger partial charge in [0.25, 0.3) is 0 Å². The first-order valence-corrected chi connectivity index (χ1v) is 14.8. The van der Waals surface area contributed by atoms with E-state index in [1.54, 1.807) is 36.3 Å². The zero-order valence-electron chi connectivity index (χ0n) is 23.2. The Morgan fingerprint density at radius 3 is 2.64 bits per heavy atom. The lowest BCUT2D eigenvalue weighted by atomic mass is 9.68. The highest BCUT2D eigenvalue weighted by atomic mass is 32.2. The van der Waals surface area contributed by atoms with Gasteiger partial charge in [0, 0.05) is 23.4 Å². The number of nitrogens with one attached hydrogen (secondary N) is 1. The Bertz CT molecular complexity index is 1710. The number of hydrogen-bond acceptors (Lipinski definition) is 11. The third kappa shape index (κ3) is 5.73. The van der Waals surface area contributed by atoms with E-state index in [9.17, 15) is 14.9 Å². The Hall–Kier alpha value is -4.65. The Labute approximate surface area is 251 Å². The fourth-order valence-corrected chi connectivity index (χ4v) is 6.87. The number of methoxy groups -OCH3 is 1. The molecule has 1 aromatic heterocycles. The van der Waals surface area contributed by atoms with Crippen molar-refractivity contribution in [1.29, 1.82) is 10.5 Å². The number of carbonyl (C=O) groups excluding carboxylic acids is 2. The van der Waals surface area contributed by atoms with E-state index in [1.807, 2.05) is 44.2 Å². The van der Waals surface area contributed by atoms with Gasteiger partial charge in [-0.1, -0.05) is 49.1 Å². The first-order chi connectivity index (χ1) is 20.1. The molecule has 1 amide bonds. The van der Waals surface area contributed by atoms with Gasteiger partial charge in [-0.25, -0.2) is 0 Å². The summed E-state index contributed by atoms with van der Waals surface area (Å²) in [7, 11) is 1.57. The quantitative estimate of drug-likeness (QED) is 0.351. The minimum atomic E-state index is -0.632. The minimum absolute atomic E-state index is 0.0436. The fourth-order valence-electron chi connectivity index (χ4n) is 5.19. The largest absolute Gasteiger partial charge is 0.497 e. The van der Waals surface area contributed by atoms with Crippen molar-refractivity contribution in [3.63, 3.8) is 0 Å². The third-order valence-electron chi connectivity index (χ3n) is 7.02. The van der Waals surface area contributed by atoms with Crippen molar-refractivity contribution < 1.29 is 14.3 Å². The van der Waals surface area contributed by atoms with Crippen LogP contribution >= 0.6 is 23.1 Å². The van der Waals surface area contributed by atoms with E-state index < -0.39 is 5.92 Å². The van der Waals surface area contributed by atoms with Gasteiger partial charge in [0.1, 0.15) is 11.6 Å². The Kier molecular flexibility index (Phi) is 8.03. The van der Waals surface area contributed by atoms with Gasteiger partial charge in [-0.2, -0.15) is 10.5 Å². The van der Waals surface area contributed by atoms with E-state index in [4.69, 9.17) is 15.7 Å². The highest BCUT2D eigenvalue weighted by molar-refractivity contribution is 8.01. The molecule has 1 unspecified atom stereocenters. The highest BCUT2D eigenvalue weighted by Crippen LogP contribution is 2.51. The topological polar surface area (TPSA) is 158 Å². The molecule has 2 aromatic carbocycles. The summed E-state index contributed by atoms with van der Waals surface area (Å²) < 4.78 is 5.94. The molecule has 0 saturated carbocycles. The lowest BCUT2D eigenvalue weighted by Crippen LogP contribution is -2.42. The van der Waals surface area contributed by atoms with Crippen molar-refractivity contribution in [2.45, 2.75) is 36.9 Å². The molecule has 1 atom stereocenters. The zero-order chi connectivity index (χ0) is 30.0. The smallest absolute Gasteiger partial charge is 0.234 e. The van der Waals surface area contributed by atoms with E-state index in [1.165, 1.54) is 23.1 Å². The molecule has 0 fully saturated rings. The normalized spacial score (nSPS) is 17.8. The number of benzene rings is 2. The molecule has 212 valence electrons. The summed E-state index contributed by atoms with van der Waals surface area (Å²) in [6.45, 7) is 4.06. The molecular weight excluding hydrogens is 571 g/mol. The molecule has 1 aliphatic carbocycles. The van der Waals surface area contributed by atoms with Crippen LogP contribution in [-0.4, -0.2) is 34.8 Å². The van der Waals surface area contributed by atoms with Gasteiger partial charge < -0.3 is 15.8 Å². The molecule has 10 nitrogen and oxygen atoms in total. The highest BCUT2D eigenvalue weighted by Gasteiger charge is 2.45. The van der Waals surface area contributed by atoms with E-state index in [-0.39, 0.29) is 34.3 Å². The van der Waals surface area contributed by atoms with Gasteiger partial charge in [-0.05, 0) is 53.8 Å². The van der Waals surface area contributed by atoms with E-state index >= 15 is 0 Å². The lowest BCUT2D eigenvalue weighted by molar-refractivity contribution is -0.118. The molecule has 0 bridgehead atoms. The van der Waals surface area contributed by atoms with Crippen LogP contribution in [0.5, 0.6) is 5.75 Å². The van der Waals surface area contributed by atoms with Crippen LogP contribution in [0.25, 0.3) is 0 Å². The van der Waals surface area contributed by atoms with E-state index in [2.05, 4.69) is 21.6 Å². The second-order valence-electron chi connectivity index (χ2n) is 10.6. The van der Waals surface area contributed by atoms with Crippen LogP contribution in [0.3, 0.4) is 0 Å². The molecular formula is C30H27N7O3S2. The first-order valence-electron chi connectivity index (χ1n) is 13.0. The maximum Gasteiger partial charge on any atom is 0.234 e. The molecule has 12 heteroatoms. The van der Waals surface area contributed by atoms with Crippen LogP contribution in [0.4, 0.5) is 10.8 Å². The molecule has 0 radical (unpaired) electrons. The maximum atomic E-state index is 13.7. The van der Waals surface area contributed by atoms with Crippen LogP contribution in [-0.2, 0) is 9.59 Å². The monoisotopic (exact) mass is 597 g/mol. The average Bonchev–Trinajstić information content (AvgIpc) is 3.43. The predicted octanol–water partition coefficient (Wildman–Crippen LogP) is 5.09. The summed E-state index contributed by atoms with van der Waals surface area (Å²) in [5, 5.41) is 31.0. The number of ether oxygens (including phenoxy) is 1. The molecule has 0 spiro atoms. The Balaban J connectivity index is 1.45. The number of carbonyl (C=O) groups is 2. The molecule has 1 aliphatic heterocycles. The number of nitrogens with zero attached hydrogens (tertiary/aromatic N) is 5. The fraction of sp³-hybridized carbons (Fsp3) is 0.267. The number of allylic oxidation sites excluding steroid dienone is 3. The second kappa shape index (κ2) is 11.7. The van der Waals surface area contributed by atoms with Crippen molar-refractivity contribution in [3.05, 3.63) is 82.3 Å². The molecule has 2 aliphatic rings. The SMILES string of the molecule is COc1cccc(C2C(C#N)=C(N)N(c3nnc(SCC(=O)Nc4ccc(C#N)cc4)s3)C3=C2C(=O)CC(C)(C)C3)c1. The molecule has 3 aromatic rings. The van der Waals surface area contributed by atoms with Crippen LogP contribution in [0.15, 0.2) is 75.5 Å². The number of thioether (sulfide) groups is 1. The summed E-state index contributed by atoms with van der Waals surface area (Å²) in [4.78, 5) is 27.9. The van der Waals surface area contributed by atoms with E-state index in [0.717, 1.165) is 5.56 Å². The van der Waals surface area contributed by atoms with Crippen molar-refractivity contribution in [2.75, 3.05) is 23.1 Å². The van der Waals surface area contributed by atoms with Crippen LogP contribution in [0.2, 0.25) is 0 Å². The van der Waals surface area contributed by atoms with Crippen molar-refractivity contribution in [1.82, 2.24) is 10.2 Å². The van der Waals surface area contributed by atoms with Gasteiger partial charge in [0.2, 0.25) is 11.0 Å². The summed E-state index contributed by atoms with van der Waals surface area (Å²) in [6, 6.07) is 18.2. The van der Waals surface area contributed by atoms with Crippen molar-refractivity contribution in [2.24, 2.45) is 11.1 Å². The molecule has 2 heterocycles. The van der Waals surface area contributed by atoms with Crippen molar-refractivity contribution >= 4 is 45.6 Å². The summed E-state index contributed by atoms with van der Waals surface area (Å²) >= 11 is 2.45. The Morgan fingerprint density at radius 2 is 1.95 bits per heavy atom. The third-order valence-corrected chi connectivity index (χ3v) is 9.06. The van der Waals surface area contributed by atoms with E-state index in [0.29, 0.717) is 50.6 Å². The van der Waals surface area contributed by atoms with Gasteiger partial charge in [-0.3, -0.25) is 14.5 Å².